The smallest absolute Gasteiger partial charge is 0.335 e. The number of nitrogens with zero attached hydrogens (tertiary/aromatic N) is 1. The fourth-order valence-electron chi connectivity index (χ4n) is 3.49. The fraction of sp³-hybridized carbons (Fsp3) is 0.148. The third kappa shape index (κ3) is 5.85. The van der Waals surface area contributed by atoms with E-state index in [1.165, 1.54) is 6.08 Å². The second-order valence-corrected chi connectivity index (χ2v) is 9.63. The number of imide groups is 2. The lowest BCUT2D eigenvalue weighted by atomic mass is 10.1. The molecule has 7 nitrogen and oxygen atoms in total. The summed E-state index contributed by atoms with van der Waals surface area (Å²) < 4.78 is 13.2. The summed E-state index contributed by atoms with van der Waals surface area (Å²) in [5, 5.41) is 2.25. The molecule has 1 heterocycles. The van der Waals surface area contributed by atoms with E-state index in [-0.39, 0.29) is 12.2 Å². The van der Waals surface area contributed by atoms with Crippen LogP contribution in [0, 0.1) is 0 Å². The number of urea groups is 1. The molecule has 36 heavy (non-hydrogen) atoms. The maximum atomic E-state index is 13.3. The van der Waals surface area contributed by atoms with Gasteiger partial charge in [-0.1, -0.05) is 57.0 Å². The van der Waals surface area contributed by atoms with Gasteiger partial charge in [0.25, 0.3) is 11.8 Å². The van der Waals surface area contributed by atoms with Crippen LogP contribution < -0.4 is 19.7 Å². The number of hydrogen-bond donors (Lipinski definition) is 1. The van der Waals surface area contributed by atoms with Crippen LogP contribution in [0.15, 0.2) is 81.2 Å². The minimum atomic E-state index is -0.816. The lowest BCUT2D eigenvalue weighted by Crippen LogP contribution is -2.54. The van der Waals surface area contributed by atoms with Crippen LogP contribution >= 0.6 is 31.9 Å². The van der Waals surface area contributed by atoms with Crippen LogP contribution in [-0.2, 0) is 16.2 Å². The first-order chi connectivity index (χ1) is 17.4. The van der Waals surface area contributed by atoms with Gasteiger partial charge in [-0.25, -0.2) is 9.69 Å². The zero-order valence-corrected chi connectivity index (χ0v) is 22.5. The van der Waals surface area contributed by atoms with E-state index in [2.05, 4.69) is 37.2 Å². The Kier molecular flexibility index (Phi) is 8.22. The highest BCUT2D eigenvalue weighted by molar-refractivity contribution is 9.10. The van der Waals surface area contributed by atoms with E-state index in [1.54, 1.807) is 42.5 Å². The van der Waals surface area contributed by atoms with Crippen LogP contribution in [0.25, 0.3) is 6.08 Å². The van der Waals surface area contributed by atoms with Crippen LogP contribution in [0.5, 0.6) is 11.5 Å². The monoisotopic (exact) mass is 612 g/mol. The highest BCUT2D eigenvalue weighted by Crippen LogP contribution is 2.30. The Balaban J connectivity index is 1.63. The van der Waals surface area contributed by atoms with E-state index >= 15 is 0 Å². The number of rotatable bonds is 8. The number of amides is 4. The summed E-state index contributed by atoms with van der Waals surface area (Å²) >= 11 is 6.93. The summed E-state index contributed by atoms with van der Waals surface area (Å²) in [7, 11) is 0. The van der Waals surface area contributed by atoms with Gasteiger partial charge in [0.1, 0.15) is 23.7 Å². The standard InChI is InChI=1S/C27H22Br2N2O5/c1-2-13-35-21-10-8-20(9-11-21)31-26(33)22(25(32)30-27(31)34)15-18-14-19(28)7-12-24(18)36-16-17-5-3-4-6-23(17)29/h3-12,14-15H,2,13,16H2,1H3,(H,30,32,34)/b22-15-. The molecule has 184 valence electrons. The van der Waals surface area contributed by atoms with E-state index in [9.17, 15) is 14.4 Å². The molecule has 9 heteroatoms. The van der Waals surface area contributed by atoms with Crippen LogP contribution in [0.3, 0.4) is 0 Å². The van der Waals surface area contributed by atoms with Crippen LogP contribution in [0.4, 0.5) is 10.5 Å². The number of halogens is 2. The Hall–Kier alpha value is -3.43. The Morgan fingerprint density at radius 3 is 2.42 bits per heavy atom. The quantitative estimate of drug-likeness (QED) is 0.240. The molecule has 1 fully saturated rings. The van der Waals surface area contributed by atoms with Gasteiger partial charge in [-0.2, -0.15) is 0 Å². The summed E-state index contributed by atoms with van der Waals surface area (Å²) in [4.78, 5) is 39.5. The maximum Gasteiger partial charge on any atom is 0.335 e. The number of nitrogens with one attached hydrogen (secondary N) is 1. The van der Waals surface area contributed by atoms with Gasteiger partial charge in [0.2, 0.25) is 0 Å². The maximum absolute atomic E-state index is 13.3. The van der Waals surface area contributed by atoms with Crippen molar-refractivity contribution < 1.29 is 23.9 Å². The molecule has 1 aliphatic heterocycles. The van der Waals surface area contributed by atoms with E-state index in [4.69, 9.17) is 9.47 Å². The van der Waals surface area contributed by atoms with Crippen molar-refractivity contribution in [1.82, 2.24) is 5.32 Å². The number of barbiturate groups is 1. The molecule has 4 amide bonds. The summed E-state index contributed by atoms with van der Waals surface area (Å²) in [6.07, 6.45) is 2.28. The third-order valence-electron chi connectivity index (χ3n) is 5.28. The van der Waals surface area contributed by atoms with E-state index in [1.807, 2.05) is 31.2 Å². The van der Waals surface area contributed by atoms with Crippen molar-refractivity contribution in [1.29, 1.82) is 0 Å². The highest BCUT2D eigenvalue weighted by Gasteiger charge is 2.37. The molecular weight excluding hydrogens is 592 g/mol. The molecule has 0 spiro atoms. The molecule has 0 unspecified atom stereocenters. The first-order valence-electron chi connectivity index (χ1n) is 11.2. The Morgan fingerprint density at radius 1 is 0.944 bits per heavy atom. The van der Waals surface area contributed by atoms with Gasteiger partial charge in [-0.05, 0) is 61.0 Å². The predicted octanol–water partition coefficient (Wildman–Crippen LogP) is 6.25. The number of ether oxygens (including phenoxy) is 2. The van der Waals surface area contributed by atoms with Gasteiger partial charge in [0.15, 0.2) is 0 Å². The van der Waals surface area contributed by atoms with Gasteiger partial charge in [0, 0.05) is 20.1 Å². The summed E-state index contributed by atoms with van der Waals surface area (Å²) in [5.74, 6) is -0.412. The van der Waals surface area contributed by atoms with E-state index < -0.39 is 17.8 Å². The lowest BCUT2D eigenvalue weighted by molar-refractivity contribution is -0.122. The molecule has 1 aliphatic rings. The van der Waals surface area contributed by atoms with Crippen LogP contribution in [0.1, 0.15) is 24.5 Å². The summed E-state index contributed by atoms with van der Waals surface area (Å²) in [5.41, 5.74) is 1.57. The molecular formula is C27H22Br2N2O5. The average molecular weight is 614 g/mol. The second kappa shape index (κ2) is 11.5. The fourth-order valence-corrected chi connectivity index (χ4v) is 4.27. The lowest BCUT2D eigenvalue weighted by Gasteiger charge is -2.26. The van der Waals surface area contributed by atoms with E-state index in [0.29, 0.717) is 29.4 Å². The first kappa shape index (κ1) is 25.7. The Labute approximate surface area is 225 Å². The molecule has 1 saturated heterocycles. The van der Waals surface area contributed by atoms with Crippen molar-refractivity contribution in [2.75, 3.05) is 11.5 Å². The van der Waals surface area contributed by atoms with Crippen molar-refractivity contribution in [3.63, 3.8) is 0 Å². The predicted molar refractivity (Wildman–Crippen MR) is 144 cm³/mol. The molecule has 0 saturated carbocycles. The number of carbonyl (C=O) groups excluding carboxylic acids is 3. The molecule has 0 aromatic heterocycles. The van der Waals surface area contributed by atoms with Gasteiger partial charge >= 0.3 is 6.03 Å². The van der Waals surface area contributed by atoms with E-state index in [0.717, 1.165) is 25.8 Å². The third-order valence-corrected chi connectivity index (χ3v) is 6.55. The van der Waals surface area contributed by atoms with Crippen molar-refractivity contribution >= 4 is 61.5 Å². The molecule has 0 aliphatic carbocycles. The molecule has 0 bridgehead atoms. The van der Waals surface area contributed by atoms with Crippen molar-refractivity contribution in [2.24, 2.45) is 0 Å². The van der Waals surface area contributed by atoms with Crippen molar-refractivity contribution in [3.8, 4) is 11.5 Å². The molecule has 3 aromatic rings. The number of carbonyl (C=O) groups is 3. The highest BCUT2D eigenvalue weighted by atomic mass is 79.9. The SMILES string of the molecule is CCCOc1ccc(N2C(=O)NC(=O)/C(=C/c3cc(Br)ccc3OCc3ccccc3Br)C2=O)cc1. The van der Waals surface area contributed by atoms with Crippen LogP contribution in [-0.4, -0.2) is 24.5 Å². The van der Waals surface area contributed by atoms with Crippen molar-refractivity contribution in [3.05, 3.63) is 92.4 Å². The van der Waals surface area contributed by atoms with Gasteiger partial charge in [-0.3, -0.25) is 14.9 Å². The first-order valence-corrected chi connectivity index (χ1v) is 12.8. The molecule has 1 N–H and O–H groups in total. The average Bonchev–Trinajstić information content (AvgIpc) is 2.86. The van der Waals surface area contributed by atoms with Gasteiger partial charge in [-0.15, -0.1) is 0 Å². The summed E-state index contributed by atoms with van der Waals surface area (Å²) in [6.45, 7) is 2.83. The summed E-state index contributed by atoms with van der Waals surface area (Å²) in [6, 6.07) is 18.7. The molecule has 0 radical (unpaired) electrons. The zero-order chi connectivity index (χ0) is 25.7. The second-order valence-electron chi connectivity index (χ2n) is 7.86. The topological polar surface area (TPSA) is 84.9 Å². The Bertz CT molecular complexity index is 1340. The van der Waals surface area contributed by atoms with Crippen molar-refractivity contribution in [2.45, 2.75) is 20.0 Å². The Morgan fingerprint density at radius 2 is 1.69 bits per heavy atom. The minimum absolute atomic E-state index is 0.190. The number of benzene rings is 3. The van der Waals surface area contributed by atoms with Crippen LogP contribution in [0.2, 0.25) is 0 Å². The normalized spacial score (nSPS) is 14.7. The zero-order valence-electron chi connectivity index (χ0n) is 19.3. The van der Waals surface area contributed by atoms with Gasteiger partial charge < -0.3 is 9.47 Å². The minimum Gasteiger partial charge on any atom is -0.494 e. The number of hydrogen-bond acceptors (Lipinski definition) is 5. The number of anilines is 1. The molecule has 4 rings (SSSR count). The molecule has 0 atom stereocenters. The van der Waals surface area contributed by atoms with Gasteiger partial charge in [0.05, 0.1) is 12.3 Å². The largest absolute Gasteiger partial charge is 0.494 e. The molecule has 3 aromatic carbocycles.